The molecule has 0 radical (unpaired) electrons. The molecule has 1 fully saturated rings. The lowest BCUT2D eigenvalue weighted by Gasteiger charge is -2.32. The van der Waals surface area contributed by atoms with Crippen LogP contribution in [0.3, 0.4) is 0 Å². The van der Waals surface area contributed by atoms with Crippen LogP contribution in [0.1, 0.15) is 63.0 Å². The monoisotopic (exact) mass is 454 g/mol. The van der Waals surface area contributed by atoms with Gasteiger partial charge in [-0.2, -0.15) is 0 Å². The molecule has 0 bridgehead atoms. The fraction of sp³-hybridized carbons (Fsp3) is 0.458. The predicted molar refractivity (Wildman–Crippen MR) is 129 cm³/mol. The van der Waals surface area contributed by atoms with Gasteiger partial charge in [0.1, 0.15) is 11.6 Å². The molecule has 0 unspecified atom stereocenters. The summed E-state index contributed by atoms with van der Waals surface area (Å²) in [4.78, 5) is 31.4. The number of anilines is 4. The lowest BCUT2D eigenvalue weighted by atomic mass is 9.96. The highest BCUT2D eigenvalue weighted by Crippen LogP contribution is 2.37. The summed E-state index contributed by atoms with van der Waals surface area (Å²) in [5.41, 5.74) is 3.09. The molecule has 4 amide bonds. The van der Waals surface area contributed by atoms with Crippen molar-refractivity contribution in [2.45, 2.75) is 64.5 Å². The van der Waals surface area contributed by atoms with E-state index >= 15 is 0 Å². The molecule has 8 nitrogen and oxygen atoms in total. The lowest BCUT2D eigenvalue weighted by Crippen LogP contribution is -2.40. The molecule has 1 aromatic heterocycles. The normalized spacial score (nSPS) is 16.3. The molecule has 0 saturated heterocycles. The molecule has 176 valence electrons. The Morgan fingerprint density at radius 2 is 2.00 bits per heavy atom. The van der Waals surface area contributed by atoms with Gasteiger partial charge in [0.05, 0.1) is 17.9 Å². The number of hydrogen-bond donors (Lipinski definition) is 4. The Hall–Kier alpha value is -3.36. The largest absolute Gasteiger partial charge is 0.373 e. The number of fused-ring (bicyclic) bond motifs is 1. The second-order valence-corrected chi connectivity index (χ2v) is 8.94. The number of nitrogens with one attached hydrogen (secondary N) is 4. The third kappa shape index (κ3) is 4.86. The molecule has 1 saturated carbocycles. The molecule has 0 atom stereocenters. The number of nitrogens with zero attached hydrogens (tertiary/aromatic N) is 2. The molecule has 1 aliphatic carbocycles. The van der Waals surface area contributed by atoms with Crippen molar-refractivity contribution >= 4 is 34.9 Å². The Bertz CT molecular complexity index is 1050. The average Bonchev–Trinajstić information content (AvgIpc) is 2.79. The summed E-state index contributed by atoms with van der Waals surface area (Å²) in [6.07, 6.45) is 6.96. The Morgan fingerprint density at radius 1 is 1.24 bits per heavy atom. The van der Waals surface area contributed by atoms with Gasteiger partial charge in [-0.15, -0.1) is 0 Å². The number of amides is 4. The minimum Gasteiger partial charge on any atom is -0.373 e. The number of halogens is 1. The second-order valence-electron chi connectivity index (χ2n) is 8.94. The van der Waals surface area contributed by atoms with Crippen LogP contribution in [0, 0.1) is 5.82 Å². The fourth-order valence-corrected chi connectivity index (χ4v) is 4.59. The lowest BCUT2D eigenvalue weighted by molar-refractivity contribution is 0.244. The van der Waals surface area contributed by atoms with E-state index in [-0.39, 0.29) is 30.2 Å². The zero-order valence-corrected chi connectivity index (χ0v) is 19.3. The van der Waals surface area contributed by atoms with Crippen LogP contribution in [-0.4, -0.2) is 30.1 Å². The molecule has 0 spiro atoms. The van der Waals surface area contributed by atoms with E-state index in [1.54, 1.807) is 13.2 Å². The van der Waals surface area contributed by atoms with Crippen molar-refractivity contribution in [1.82, 2.24) is 10.3 Å². The Morgan fingerprint density at radius 3 is 2.70 bits per heavy atom. The van der Waals surface area contributed by atoms with Crippen LogP contribution < -0.4 is 26.2 Å². The van der Waals surface area contributed by atoms with Gasteiger partial charge in [0.15, 0.2) is 0 Å². The Labute approximate surface area is 193 Å². The number of benzene rings is 1. The summed E-state index contributed by atoms with van der Waals surface area (Å²) in [7, 11) is 1.80. The maximum Gasteiger partial charge on any atom is 0.326 e. The molecule has 9 heteroatoms. The van der Waals surface area contributed by atoms with Gasteiger partial charge < -0.3 is 21.3 Å². The standard InChI is InChI=1S/C24H31FN6O2/c1-14(2)20-21-15(12-27-22(20)26-3)13-31(24(33)30-21)17-9-10-18(25)19(11-17)29-23(32)28-16-7-5-4-6-8-16/h9-12,14,16H,4-8,13H2,1-3H3,(H,26,27)(H,30,33)(H2,28,29,32). The molecule has 4 N–H and O–H groups in total. The zero-order valence-electron chi connectivity index (χ0n) is 19.3. The smallest absolute Gasteiger partial charge is 0.326 e. The molecular weight excluding hydrogens is 423 g/mol. The summed E-state index contributed by atoms with van der Waals surface area (Å²) in [6, 6.07) is 3.64. The van der Waals surface area contributed by atoms with Crippen molar-refractivity contribution in [3.8, 4) is 0 Å². The van der Waals surface area contributed by atoms with E-state index in [1.165, 1.54) is 29.5 Å². The zero-order chi connectivity index (χ0) is 23.5. The van der Waals surface area contributed by atoms with E-state index in [4.69, 9.17) is 0 Å². The van der Waals surface area contributed by atoms with Gasteiger partial charge in [0.25, 0.3) is 0 Å². The summed E-state index contributed by atoms with van der Waals surface area (Å²) >= 11 is 0. The van der Waals surface area contributed by atoms with E-state index in [1.807, 2.05) is 13.8 Å². The van der Waals surface area contributed by atoms with Crippen LogP contribution in [0.15, 0.2) is 24.4 Å². The quantitative estimate of drug-likeness (QED) is 0.487. The van der Waals surface area contributed by atoms with Gasteiger partial charge in [-0.05, 0) is 37.0 Å². The maximum atomic E-state index is 14.5. The Balaban J connectivity index is 1.54. The minimum atomic E-state index is -0.558. The first kappa shape index (κ1) is 22.8. The van der Waals surface area contributed by atoms with E-state index in [2.05, 4.69) is 26.3 Å². The van der Waals surface area contributed by atoms with Crippen molar-refractivity contribution in [1.29, 1.82) is 0 Å². The number of aromatic nitrogens is 1. The predicted octanol–water partition coefficient (Wildman–Crippen LogP) is 5.39. The van der Waals surface area contributed by atoms with Crippen LogP contribution in [-0.2, 0) is 6.54 Å². The van der Waals surface area contributed by atoms with Crippen molar-refractivity contribution in [3.05, 3.63) is 41.3 Å². The van der Waals surface area contributed by atoms with Crippen molar-refractivity contribution < 1.29 is 14.0 Å². The molecule has 1 aliphatic heterocycles. The van der Waals surface area contributed by atoms with Gasteiger partial charge in [0, 0.05) is 36.1 Å². The van der Waals surface area contributed by atoms with E-state index in [9.17, 15) is 14.0 Å². The molecule has 1 aromatic carbocycles. The molecule has 2 aliphatic rings. The first-order valence-electron chi connectivity index (χ1n) is 11.5. The molecular formula is C24H31FN6O2. The summed E-state index contributed by atoms with van der Waals surface area (Å²) in [5.74, 6) is 0.332. The number of carbonyl (C=O) groups excluding carboxylic acids is 2. The van der Waals surface area contributed by atoms with Gasteiger partial charge in [0.2, 0.25) is 0 Å². The van der Waals surface area contributed by atoms with Crippen LogP contribution in [0.5, 0.6) is 0 Å². The van der Waals surface area contributed by atoms with E-state index in [0.717, 1.165) is 48.3 Å². The van der Waals surface area contributed by atoms with Crippen molar-refractivity contribution in [2.24, 2.45) is 0 Å². The highest BCUT2D eigenvalue weighted by molar-refractivity contribution is 6.05. The van der Waals surface area contributed by atoms with Crippen LogP contribution in [0.2, 0.25) is 0 Å². The highest BCUT2D eigenvalue weighted by atomic mass is 19.1. The molecule has 2 heterocycles. The number of urea groups is 2. The first-order valence-corrected chi connectivity index (χ1v) is 11.5. The molecule has 33 heavy (non-hydrogen) atoms. The van der Waals surface area contributed by atoms with Crippen molar-refractivity contribution in [3.63, 3.8) is 0 Å². The number of carbonyl (C=O) groups is 2. The number of pyridine rings is 1. The van der Waals surface area contributed by atoms with E-state index < -0.39 is 11.8 Å². The maximum absolute atomic E-state index is 14.5. The van der Waals surface area contributed by atoms with Gasteiger partial charge in [-0.1, -0.05) is 33.1 Å². The highest BCUT2D eigenvalue weighted by Gasteiger charge is 2.29. The second kappa shape index (κ2) is 9.64. The molecule has 2 aromatic rings. The third-order valence-corrected chi connectivity index (χ3v) is 6.26. The van der Waals surface area contributed by atoms with Crippen LogP contribution in [0.4, 0.5) is 36.9 Å². The SMILES string of the molecule is CNc1ncc2c(c1C(C)C)NC(=O)N(c1ccc(F)c(NC(=O)NC3CCCCC3)c1)C2. The van der Waals surface area contributed by atoms with Gasteiger partial charge >= 0.3 is 12.1 Å². The fourth-order valence-electron chi connectivity index (χ4n) is 4.59. The first-order chi connectivity index (χ1) is 15.9. The van der Waals surface area contributed by atoms with Crippen LogP contribution >= 0.6 is 0 Å². The van der Waals surface area contributed by atoms with Crippen LogP contribution in [0.25, 0.3) is 0 Å². The Kier molecular flexibility index (Phi) is 6.67. The minimum absolute atomic E-state index is 0.0333. The van der Waals surface area contributed by atoms with Gasteiger partial charge in [-0.25, -0.2) is 19.0 Å². The topological polar surface area (TPSA) is 98.4 Å². The molecule has 4 rings (SSSR count). The van der Waals surface area contributed by atoms with E-state index in [0.29, 0.717) is 5.69 Å². The summed E-state index contributed by atoms with van der Waals surface area (Å²) < 4.78 is 14.5. The third-order valence-electron chi connectivity index (χ3n) is 6.26. The number of hydrogen-bond acceptors (Lipinski definition) is 4. The summed E-state index contributed by atoms with van der Waals surface area (Å²) in [5, 5.41) is 11.6. The number of rotatable bonds is 5. The average molecular weight is 455 g/mol. The summed E-state index contributed by atoms with van der Waals surface area (Å²) in [6.45, 7) is 4.39. The van der Waals surface area contributed by atoms with Gasteiger partial charge in [-0.3, -0.25) is 4.90 Å². The van der Waals surface area contributed by atoms with Crippen molar-refractivity contribution in [2.75, 3.05) is 27.9 Å².